The summed E-state index contributed by atoms with van der Waals surface area (Å²) in [4.78, 5) is 0. The summed E-state index contributed by atoms with van der Waals surface area (Å²) in [5.41, 5.74) is 1.30. The number of methoxy groups -OCH3 is 1. The van der Waals surface area contributed by atoms with Gasteiger partial charge in [-0.25, -0.2) is 0 Å². The quantitative estimate of drug-likeness (QED) is 0.925. The Kier molecular flexibility index (Phi) is 4.51. The summed E-state index contributed by atoms with van der Waals surface area (Å²) in [6.45, 7) is 6.15. The van der Waals surface area contributed by atoms with Crippen LogP contribution < -0.4 is 14.8 Å². The van der Waals surface area contributed by atoms with Crippen LogP contribution in [-0.2, 0) is 0 Å². The lowest BCUT2D eigenvalue weighted by molar-refractivity contribution is 0.230. The van der Waals surface area contributed by atoms with Gasteiger partial charge in [-0.1, -0.05) is 15.9 Å². The fraction of sp³-hybridized carbons (Fsp3) is 0.571. The zero-order chi connectivity index (χ0) is 13.1. The van der Waals surface area contributed by atoms with Gasteiger partial charge >= 0.3 is 0 Å². The van der Waals surface area contributed by atoms with Gasteiger partial charge in [0.25, 0.3) is 0 Å². The molecular weight excluding hydrogens is 294 g/mol. The van der Waals surface area contributed by atoms with E-state index in [2.05, 4.69) is 27.3 Å². The van der Waals surface area contributed by atoms with E-state index in [1.165, 1.54) is 12.0 Å². The van der Waals surface area contributed by atoms with Gasteiger partial charge in [0, 0.05) is 11.0 Å². The third-order valence-electron chi connectivity index (χ3n) is 3.15. The molecule has 0 bridgehead atoms. The first-order chi connectivity index (χ1) is 8.61. The molecular formula is C14H20BrNO2. The van der Waals surface area contributed by atoms with Crippen molar-refractivity contribution < 1.29 is 9.47 Å². The van der Waals surface area contributed by atoms with Crippen LogP contribution in [-0.4, -0.2) is 26.3 Å². The maximum absolute atomic E-state index is 5.76. The molecule has 1 unspecified atom stereocenters. The van der Waals surface area contributed by atoms with Gasteiger partial charge in [-0.3, -0.25) is 0 Å². The first kappa shape index (κ1) is 13.7. The predicted octanol–water partition coefficient (Wildman–Crippen LogP) is 3.32. The molecule has 1 aromatic rings. The zero-order valence-corrected chi connectivity index (χ0v) is 12.7. The Hall–Kier alpha value is -0.740. The molecule has 1 aliphatic heterocycles. The molecule has 0 spiro atoms. The monoisotopic (exact) mass is 313 g/mol. The van der Waals surface area contributed by atoms with Crippen molar-refractivity contribution in [1.29, 1.82) is 0 Å². The molecule has 1 fully saturated rings. The Labute approximate surface area is 117 Å². The van der Waals surface area contributed by atoms with Crippen LogP contribution in [0.1, 0.15) is 31.7 Å². The lowest BCUT2D eigenvalue weighted by Crippen LogP contribution is -2.10. The minimum atomic E-state index is 0.143. The summed E-state index contributed by atoms with van der Waals surface area (Å²) in [7, 11) is 1.69. The van der Waals surface area contributed by atoms with E-state index in [0.717, 1.165) is 29.1 Å². The van der Waals surface area contributed by atoms with Crippen molar-refractivity contribution in [2.24, 2.45) is 0 Å². The topological polar surface area (TPSA) is 30.5 Å². The SMILES string of the molecule is COc1cc(C2CCNC2)c(Br)cc1OC(C)C. The van der Waals surface area contributed by atoms with E-state index < -0.39 is 0 Å². The molecule has 2 rings (SSSR count). The first-order valence-corrected chi connectivity index (χ1v) is 7.16. The second-order valence-electron chi connectivity index (χ2n) is 4.88. The Morgan fingerprint density at radius 3 is 2.67 bits per heavy atom. The molecule has 0 aromatic heterocycles. The molecule has 0 radical (unpaired) electrons. The molecule has 0 aliphatic carbocycles. The maximum Gasteiger partial charge on any atom is 0.162 e. The molecule has 4 heteroatoms. The van der Waals surface area contributed by atoms with Crippen LogP contribution in [0.25, 0.3) is 0 Å². The average Bonchev–Trinajstić information content (AvgIpc) is 2.82. The third kappa shape index (κ3) is 2.98. The summed E-state index contributed by atoms with van der Waals surface area (Å²) in [6, 6.07) is 4.12. The van der Waals surface area contributed by atoms with Crippen molar-refractivity contribution in [3.8, 4) is 11.5 Å². The predicted molar refractivity (Wildman–Crippen MR) is 76.7 cm³/mol. The van der Waals surface area contributed by atoms with Gasteiger partial charge < -0.3 is 14.8 Å². The van der Waals surface area contributed by atoms with Gasteiger partial charge in [-0.15, -0.1) is 0 Å². The molecule has 0 saturated carbocycles. The highest BCUT2D eigenvalue weighted by Crippen LogP contribution is 2.38. The van der Waals surface area contributed by atoms with Crippen molar-refractivity contribution in [3.05, 3.63) is 22.2 Å². The van der Waals surface area contributed by atoms with E-state index in [-0.39, 0.29) is 6.10 Å². The van der Waals surface area contributed by atoms with Crippen LogP contribution in [0.2, 0.25) is 0 Å². The molecule has 18 heavy (non-hydrogen) atoms. The lowest BCUT2D eigenvalue weighted by Gasteiger charge is -2.18. The number of nitrogens with one attached hydrogen (secondary N) is 1. The molecule has 3 nitrogen and oxygen atoms in total. The van der Waals surface area contributed by atoms with Gasteiger partial charge in [0.05, 0.1) is 13.2 Å². The summed E-state index contributed by atoms with van der Waals surface area (Å²) in [6.07, 6.45) is 1.32. The fourth-order valence-electron chi connectivity index (χ4n) is 2.29. The van der Waals surface area contributed by atoms with Gasteiger partial charge in [0.15, 0.2) is 11.5 Å². The highest BCUT2D eigenvalue weighted by atomic mass is 79.9. The minimum absolute atomic E-state index is 0.143. The van der Waals surface area contributed by atoms with E-state index >= 15 is 0 Å². The average molecular weight is 314 g/mol. The van der Waals surface area contributed by atoms with E-state index in [0.29, 0.717) is 5.92 Å². The van der Waals surface area contributed by atoms with Crippen LogP contribution >= 0.6 is 15.9 Å². The number of rotatable bonds is 4. The van der Waals surface area contributed by atoms with E-state index in [1.807, 2.05) is 19.9 Å². The van der Waals surface area contributed by atoms with Crippen molar-refractivity contribution in [3.63, 3.8) is 0 Å². The van der Waals surface area contributed by atoms with Crippen LogP contribution in [0.5, 0.6) is 11.5 Å². The number of hydrogen-bond donors (Lipinski definition) is 1. The van der Waals surface area contributed by atoms with E-state index in [4.69, 9.17) is 9.47 Å². The highest BCUT2D eigenvalue weighted by molar-refractivity contribution is 9.10. The van der Waals surface area contributed by atoms with E-state index in [9.17, 15) is 0 Å². The van der Waals surface area contributed by atoms with Crippen LogP contribution in [0.4, 0.5) is 0 Å². The minimum Gasteiger partial charge on any atom is -0.493 e. The highest BCUT2D eigenvalue weighted by Gasteiger charge is 2.21. The molecule has 1 aliphatic rings. The number of halogens is 1. The van der Waals surface area contributed by atoms with Crippen molar-refractivity contribution >= 4 is 15.9 Å². The van der Waals surface area contributed by atoms with Crippen molar-refractivity contribution in [2.45, 2.75) is 32.3 Å². The standard InChI is InChI=1S/C14H20BrNO2/c1-9(2)18-14-7-12(15)11(6-13(14)17-3)10-4-5-16-8-10/h6-7,9-10,16H,4-5,8H2,1-3H3. The van der Waals surface area contributed by atoms with Crippen molar-refractivity contribution in [1.82, 2.24) is 5.32 Å². The molecule has 1 saturated heterocycles. The largest absolute Gasteiger partial charge is 0.493 e. The maximum atomic E-state index is 5.76. The molecule has 1 N–H and O–H groups in total. The Bertz CT molecular complexity index is 415. The lowest BCUT2D eigenvalue weighted by atomic mass is 9.98. The van der Waals surface area contributed by atoms with Gasteiger partial charge in [0.1, 0.15) is 0 Å². The van der Waals surface area contributed by atoms with Gasteiger partial charge in [-0.2, -0.15) is 0 Å². The molecule has 1 heterocycles. The summed E-state index contributed by atoms with van der Waals surface area (Å²) >= 11 is 3.65. The Morgan fingerprint density at radius 2 is 2.11 bits per heavy atom. The number of hydrogen-bond acceptors (Lipinski definition) is 3. The van der Waals surface area contributed by atoms with Crippen LogP contribution in [0.15, 0.2) is 16.6 Å². The fourth-order valence-corrected chi connectivity index (χ4v) is 2.94. The van der Waals surface area contributed by atoms with Gasteiger partial charge in [-0.05, 0) is 50.4 Å². The Morgan fingerprint density at radius 1 is 1.33 bits per heavy atom. The van der Waals surface area contributed by atoms with E-state index in [1.54, 1.807) is 7.11 Å². The second-order valence-corrected chi connectivity index (χ2v) is 5.74. The summed E-state index contributed by atoms with van der Waals surface area (Å²) < 4.78 is 12.3. The summed E-state index contributed by atoms with van der Waals surface area (Å²) in [5.74, 6) is 2.17. The van der Waals surface area contributed by atoms with Crippen molar-refractivity contribution in [2.75, 3.05) is 20.2 Å². The first-order valence-electron chi connectivity index (χ1n) is 6.36. The number of ether oxygens (including phenoxy) is 2. The van der Waals surface area contributed by atoms with Gasteiger partial charge in [0.2, 0.25) is 0 Å². The van der Waals surface area contributed by atoms with Crippen LogP contribution in [0, 0.1) is 0 Å². The normalized spacial score (nSPS) is 19.3. The smallest absolute Gasteiger partial charge is 0.162 e. The molecule has 1 aromatic carbocycles. The van der Waals surface area contributed by atoms with Crippen LogP contribution in [0.3, 0.4) is 0 Å². The zero-order valence-electron chi connectivity index (χ0n) is 11.1. The molecule has 0 amide bonds. The summed E-state index contributed by atoms with van der Waals surface area (Å²) in [5, 5.41) is 3.39. The molecule has 1 atom stereocenters. The molecule has 100 valence electrons. The Balaban J connectivity index is 2.32. The third-order valence-corrected chi connectivity index (χ3v) is 3.83. The number of benzene rings is 1. The second kappa shape index (κ2) is 5.93.